The topological polar surface area (TPSA) is 0 Å². The Morgan fingerprint density at radius 1 is 0.707 bits per heavy atom. The smallest absolute Gasteiger partial charge is 0.0348 e. The normalized spacial score (nSPS) is 11.8. The van der Waals surface area contributed by atoms with E-state index in [2.05, 4.69) is 127 Å². The minimum atomic E-state index is 0.928. The molecule has 0 fully saturated rings. The second kappa shape index (κ2) is 13.3. The molecule has 1 heteroatoms. The van der Waals surface area contributed by atoms with Gasteiger partial charge in [0, 0.05) is 9.75 Å². The van der Waals surface area contributed by atoms with Crippen LogP contribution >= 0.6 is 11.3 Å². The zero-order chi connectivity index (χ0) is 29.5. The third-order valence-corrected chi connectivity index (χ3v) is 8.41. The second-order valence-corrected chi connectivity index (χ2v) is 11.1. The van der Waals surface area contributed by atoms with Crippen LogP contribution in [0.15, 0.2) is 92.0 Å². The van der Waals surface area contributed by atoms with Crippen molar-refractivity contribution in [2.24, 2.45) is 0 Å². The van der Waals surface area contributed by atoms with Gasteiger partial charge in [0.2, 0.25) is 0 Å². The summed E-state index contributed by atoms with van der Waals surface area (Å²) in [6.45, 7) is 25.4. The molecule has 204 valence electrons. The Labute approximate surface area is 249 Å². The van der Waals surface area contributed by atoms with Crippen molar-refractivity contribution in [2.75, 3.05) is 0 Å². The van der Waals surface area contributed by atoms with E-state index in [0.717, 1.165) is 32.7 Å². The van der Waals surface area contributed by atoms with Crippen molar-refractivity contribution in [3.05, 3.63) is 140 Å². The minimum absolute atomic E-state index is 0.928. The van der Waals surface area contributed by atoms with E-state index in [1.165, 1.54) is 42.8 Å². The summed E-state index contributed by atoms with van der Waals surface area (Å²) in [5.74, 6) is 0. The van der Waals surface area contributed by atoms with Crippen LogP contribution in [0.25, 0.3) is 71.0 Å². The molecule has 0 unspecified atom stereocenters. The van der Waals surface area contributed by atoms with Crippen LogP contribution in [0, 0.1) is 6.92 Å². The zero-order valence-electron chi connectivity index (χ0n) is 24.6. The molecule has 1 aromatic heterocycles. The summed E-state index contributed by atoms with van der Waals surface area (Å²) < 4.78 is 0. The first-order chi connectivity index (χ1) is 19.8. The highest BCUT2D eigenvalue weighted by Crippen LogP contribution is 2.42. The monoisotopic (exact) mass is 550 g/mol. The van der Waals surface area contributed by atoms with Crippen molar-refractivity contribution in [3.8, 4) is 11.1 Å². The fourth-order valence-electron chi connectivity index (χ4n) is 5.33. The molecule has 0 aliphatic heterocycles. The molecule has 41 heavy (non-hydrogen) atoms. The zero-order valence-corrected chi connectivity index (χ0v) is 25.4. The van der Waals surface area contributed by atoms with E-state index in [9.17, 15) is 0 Å². The highest BCUT2D eigenvalue weighted by Gasteiger charge is 2.19. The van der Waals surface area contributed by atoms with Crippen LogP contribution in [0.5, 0.6) is 0 Å². The highest BCUT2D eigenvalue weighted by atomic mass is 32.1. The SMILES string of the molecule is C=Cc1c(/C=C\C)sc(/C=C(\C)c2c(/C=C\C)c(C=C)c(-c3ccc(=C)ccccc(=C)c3)c3ccccc23)c1C. The molecule has 0 N–H and O–H groups in total. The van der Waals surface area contributed by atoms with Gasteiger partial charge in [0.05, 0.1) is 0 Å². The number of hydrogen-bond donors (Lipinski definition) is 0. The average molecular weight is 551 g/mol. The Morgan fingerprint density at radius 3 is 2.00 bits per heavy atom. The Morgan fingerprint density at radius 2 is 1.34 bits per heavy atom. The molecule has 0 aliphatic rings. The highest BCUT2D eigenvalue weighted by molar-refractivity contribution is 7.14. The molecule has 4 rings (SSSR count). The standard InChI is InChI=1S/C40H38S/c1-9-17-34-33(12-4)40(31-24-23-27(5)19-13-14-20-28(6)25-31)36-22-16-15-21-35(36)39(34)29(7)26-38-30(8)32(11-3)37(41-38)18-10-2/h9-26H,3-6H2,1-2,7-8H3/b17-9-,18-10-,19-13?,20-14?,24-23?,29-26+,31-25?. The van der Waals surface area contributed by atoms with Crippen molar-refractivity contribution in [1.82, 2.24) is 0 Å². The van der Waals surface area contributed by atoms with Crippen LogP contribution in [0.1, 0.15) is 58.3 Å². The Balaban J connectivity index is 2.15. The Hall–Kier alpha value is -4.46. The summed E-state index contributed by atoms with van der Waals surface area (Å²) in [7, 11) is 0. The van der Waals surface area contributed by atoms with Gasteiger partial charge >= 0.3 is 0 Å². The molecule has 0 aliphatic carbocycles. The van der Waals surface area contributed by atoms with Crippen molar-refractivity contribution >= 4 is 71.2 Å². The molecule has 0 radical (unpaired) electrons. The maximum absolute atomic E-state index is 4.30. The van der Waals surface area contributed by atoms with Crippen LogP contribution < -0.4 is 10.4 Å². The van der Waals surface area contributed by atoms with Crippen LogP contribution in [-0.4, -0.2) is 0 Å². The van der Waals surface area contributed by atoms with Gasteiger partial charge in [-0.2, -0.15) is 0 Å². The van der Waals surface area contributed by atoms with E-state index >= 15 is 0 Å². The van der Waals surface area contributed by atoms with Gasteiger partial charge in [-0.05, 0) is 112 Å². The van der Waals surface area contributed by atoms with Crippen LogP contribution in [0.3, 0.4) is 0 Å². The fraction of sp³-hybridized carbons (Fsp3) is 0.100. The molecule has 3 aromatic carbocycles. The molecule has 4 aromatic rings. The Kier molecular flexibility index (Phi) is 9.55. The van der Waals surface area contributed by atoms with E-state index in [0.29, 0.717) is 0 Å². The lowest BCUT2D eigenvalue weighted by Crippen LogP contribution is -2.00. The fourth-order valence-corrected chi connectivity index (χ4v) is 6.62. The molecule has 0 spiro atoms. The van der Waals surface area contributed by atoms with E-state index < -0.39 is 0 Å². The molecule has 1 heterocycles. The summed E-state index contributed by atoms with van der Waals surface area (Å²) in [5.41, 5.74) is 9.34. The van der Waals surface area contributed by atoms with E-state index in [-0.39, 0.29) is 0 Å². The number of hydrogen-bond acceptors (Lipinski definition) is 1. The number of allylic oxidation sites excluding steroid dienone is 3. The molecule has 0 saturated carbocycles. The summed E-state index contributed by atoms with van der Waals surface area (Å²) >= 11 is 1.81. The van der Waals surface area contributed by atoms with Crippen molar-refractivity contribution in [3.63, 3.8) is 0 Å². The number of benzene rings is 2. The van der Waals surface area contributed by atoms with Crippen molar-refractivity contribution in [1.29, 1.82) is 0 Å². The molecular weight excluding hydrogens is 513 g/mol. The van der Waals surface area contributed by atoms with Gasteiger partial charge in [-0.15, -0.1) is 11.3 Å². The predicted molar refractivity (Wildman–Crippen MR) is 190 cm³/mol. The first-order valence-corrected chi connectivity index (χ1v) is 14.7. The maximum atomic E-state index is 4.30. The molecular formula is C40H38S. The van der Waals surface area contributed by atoms with Crippen LogP contribution in [0.2, 0.25) is 0 Å². The average Bonchev–Trinajstić information content (AvgIpc) is 3.25. The van der Waals surface area contributed by atoms with Crippen molar-refractivity contribution in [2.45, 2.75) is 27.7 Å². The van der Waals surface area contributed by atoms with E-state index in [4.69, 9.17) is 0 Å². The summed E-state index contributed by atoms with van der Waals surface area (Å²) in [6, 6.07) is 23.0. The number of rotatable bonds is 7. The first kappa shape index (κ1) is 29.5. The largest absolute Gasteiger partial charge is 0.136 e. The first-order valence-electron chi connectivity index (χ1n) is 13.9. The molecule has 0 nitrogen and oxygen atoms in total. The van der Waals surface area contributed by atoms with Gasteiger partial charge in [0.1, 0.15) is 0 Å². The lowest BCUT2D eigenvalue weighted by atomic mass is 9.83. The van der Waals surface area contributed by atoms with Crippen LogP contribution in [0.4, 0.5) is 0 Å². The molecule has 0 amide bonds. The summed E-state index contributed by atoms with van der Waals surface area (Å²) in [5, 5.41) is 4.24. The van der Waals surface area contributed by atoms with Crippen LogP contribution in [-0.2, 0) is 0 Å². The van der Waals surface area contributed by atoms with Crippen molar-refractivity contribution < 1.29 is 0 Å². The van der Waals surface area contributed by atoms with Gasteiger partial charge in [-0.3, -0.25) is 0 Å². The quantitative estimate of drug-likeness (QED) is 0.215. The number of fused-ring (bicyclic) bond motifs is 1. The third-order valence-electron chi connectivity index (χ3n) is 7.19. The summed E-state index contributed by atoms with van der Waals surface area (Å²) in [4.78, 5) is 2.48. The van der Waals surface area contributed by atoms with E-state index in [1.807, 2.05) is 36.4 Å². The molecule has 0 bridgehead atoms. The molecule has 0 saturated heterocycles. The van der Waals surface area contributed by atoms with Gasteiger partial charge in [-0.1, -0.05) is 117 Å². The van der Waals surface area contributed by atoms with Gasteiger partial charge in [-0.25, -0.2) is 0 Å². The third kappa shape index (κ3) is 6.16. The van der Waals surface area contributed by atoms with Gasteiger partial charge in [0.15, 0.2) is 0 Å². The predicted octanol–water partition coefficient (Wildman–Crippen LogP) is 10.7. The summed E-state index contributed by atoms with van der Waals surface area (Å²) in [6.07, 6.45) is 14.9. The molecule has 0 atom stereocenters. The Bertz CT molecular complexity index is 1890. The van der Waals surface area contributed by atoms with Gasteiger partial charge in [0.25, 0.3) is 0 Å². The lowest BCUT2D eigenvalue weighted by molar-refractivity contribution is 1.49. The van der Waals surface area contributed by atoms with Gasteiger partial charge < -0.3 is 0 Å². The lowest BCUT2D eigenvalue weighted by Gasteiger charge is -2.20. The minimum Gasteiger partial charge on any atom is -0.136 e. The second-order valence-electron chi connectivity index (χ2n) is 10.0. The number of thiophene rings is 1. The van der Waals surface area contributed by atoms with E-state index in [1.54, 1.807) is 11.3 Å². The maximum Gasteiger partial charge on any atom is 0.0348 e.